The van der Waals surface area contributed by atoms with Crippen molar-refractivity contribution in [2.75, 3.05) is 14.2 Å². The Bertz CT molecular complexity index is 1280. The lowest BCUT2D eigenvalue weighted by atomic mass is 10.0. The van der Waals surface area contributed by atoms with E-state index < -0.39 is 27.7 Å². The molecule has 1 aliphatic heterocycles. The first-order valence-corrected chi connectivity index (χ1v) is 12.6. The molecule has 2 aromatic carbocycles. The van der Waals surface area contributed by atoms with Gasteiger partial charge < -0.3 is 14.2 Å². The first kappa shape index (κ1) is 26.5. The fourth-order valence-corrected chi connectivity index (χ4v) is 5.93. The van der Waals surface area contributed by atoms with Crippen molar-refractivity contribution in [2.45, 2.75) is 42.3 Å². The van der Waals surface area contributed by atoms with Crippen LogP contribution in [0.5, 0.6) is 11.5 Å². The van der Waals surface area contributed by atoms with Gasteiger partial charge in [0.2, 0.25) is 5.82 Å². The largest absolute Gasteiger partial charge is 0.493 e. The fraction of sp³-hybridized carbons (Fsp3) is 0.375. The van der Waals surface area contributed by atoms with Crippen molar-refractivity contribution in [3.63, 3.8) is 0 Å². The van der Waals surface area contributed by atoms with Crippen molar-refractivity contribution < 1.29 is 27.8 Å². The van der Waals surface area contributed by atoms with Gasteiger partial charge in [0.1, 0.15) is 0 Å². The van der Waals surface area contributed by atoms with Crippen molar-refractivity contribution >= 4 is 40.9 Å². The Morgan fingerprint density at radius 1 is 1.17 bits per heavy atom. The molecule has 0 aliphatic carbocycles. The van der Waals surface area contributed by atoms with Gasteiger partial charge in [-0.1, -0.05) is 23.7 Å². The summed E-state index contributed by atoms with van der Waals surface area (Å²) >= 11 is 13.1. The Labute approximate surface area is 221 Å². The Kier molecular flexibility index (Phi) is 7.68. The maximum absolute atomic E-state index is 14.5. The molecule has 2 heterocycles. The first-order chi connectivity index (χ1) is 17.0. The number of thioether (sulfide) groups is 1. The SMILES string of the molecule is COc1cccc(C2SC(CC(=O)OC(C)C)c3nnc(C(F)(F)Cl)n3-c3ccc(Cl)cc32)c1OC. The highest BCUT2D eigenvalue weighted by Gasteiger charge is 2.42. The number of carbonyl (C=O) groups is 1. The second-order valence-corrected chi connectivity index (χ2v) is 10.5. The zero-order chi connectivity index (χ0) is 26.2. The summed E-state index contributed by atoms with van der Waals surface area (Å²) in [6.07, 6.45) is -0.488. The summed E-state index contributed by atoms with van der Waals surface area (Å²) in [7, 11) is 3.04. The minimum absolute atomic E-state index is 0.140. The average molecular weight is 558 g/mol. The van der Waals surface area contributed by atoms with E-state index in [9.17, 15) is 13.6 Å². The predicted molar refractivity (Wildman–Crippen MR) is 134 cm³/mol. The number of methoxy groups -OCH3 is 2. The molecule has 0 saturated carbocycles. The zero-order valence-electron chi connectivity index (χ0n) is 19.8. The molecule has 0 radical (unpaired) electrons. The summed E-state index contributed by atoms with van der Waals surface area (Å²) in [5.74, 6) is -0.163. The normalized spacial score (nSPS) is 17.2. The van der Waals surface area contributed by atoms with E-state index in [2.05, 4.69) is 10.2 Å². The van der Waals surface area contributed by atoms with E-state index in [1.54, 1.807) is 44.2 Å². The van der Waals surface area contributed by atoms with Gasteiger partial charge in [0.15, 0.2) is 17.3 Å². The number of alkyl halides is 3. The number of carbonyl (C=O) groups excluding carboxylic acids is 1. The van der Waals surface area contributed by atoms with E-state index in [-0.39, 0.29) is 18.3 Å². The molecule has 0 amide bonds. The van der Waals surface area contributed by atoms with Gasteiger partial charge in [-0.05, 0) is 55.3 Å². The van der Waals surface area contributed by atoms with E-state index in [1.807, 2.05) is 6.07 Å². The Morgan fingerprint density at radius 2 is 1.92 bits per heavy atom. The molecular formula is C24H23Cl2F2N3O4S. The van der Waals surface area contributed by atoms with E-state index in [0.717, 1.165) is 0 Å². The molecule has 2 unspecified atom stereocenters. The number of rotatable bonds is 7. The predicted octanol–water partition coefficient (Wildman–Crippen LogP) is 6.45. The van der Waals surface area contributed by atoms with Crippen LogP contribution in [0.15, 0.2) is 36.4 Å². The van der Waals surface area contributed by atoms with Crippen LogP contribution in [0, 0.1) is 0 Å². The maximum atomic E-state index is 14.5. The molecule has 1 aromatic heterocycles. The standard InChI is InChI=1S/C24H23Cl2F2N3O4S/c1-12(2)35-19(32)11-18-22-29-30-23(24(26,27)28)31(22)16-9-8-13(25)10-15(16)21(36-18)14-6-5-7-17(33-3)20(14)34-4/h5-10,12,18,21H,11H2,1-4H3. The van der Waals surface area contributed by atoms with Crippen LogP contribution < -0.4 is 9.47 Å². The fourth-order valence-electron chi connectivity index (χ4n) is 4.12. The number of nitrogens with zero attached hydrogens (tertiary/aromatic N) is 3. The summed E-state index contributed by atoms with van der Waals surface area (Å²) < 4.78 is 46.6. The summed E-state index contributed by atoms with van der Waals surface area (Å²) in [5, 5.41) is 3.10. The molecule has 2 atom stereocenters. The smallest absolute Gasteiger partial charge is 0.382 e. The van der Waals surface area contributed by atoms with Crippen LogP contribution in [0.1, 0.15) is 53.5 Å². The summed E-state index contributed by atoms with van der Waals surface area (Å²) in [4.78, 5) is 12.7. The highest BCUT2D eigenvalue weighted by Crippen LogP contribution is 2.54. The lowest BCUT2D eigenvalue weighted by molar-refractivity contribution is -0.147. The zero-order valence-corrected chi connectivity index (χ0v) is 22.1. The molecule has 0 spiro atoms. The number of esters is 1. The Morgan fingerprint density at radius 3 is 2.56 bits per heavy atom. The highest BCUT2D eigenvalue weighted by molar-refractivity contribution is 8.00. The minimum Gasteiger partial charge on any atom is -0.493 e. The van der Waals surface area contributed by atoms with E-state index in [0.29, 0.717) is 33.3 Å². The van der Waals surface area contributed by atoms with Crippen molar-refractivity contribution in [1.82, 2.24) is 14.8 Å². The van der Waals surface area contributed by atoms with E-state index >= 15 is 0 Å². The third kappa shape index (κ3) is 5.12. The summed E-state index contributed by atoms with van der Waals surface area (Å²) in [6.45, 7) is 3.46. The Hall–Kier alpha value is -2.56. The van der Waals surface area contributed by atoms with Crippen molar-refractivity contribution in [2.24, 2.45) is 0 Å². The van der Waals surface area contributed by atoms with Gasteiger partial charge in [0.05, 0.1) is 42.9 Å². The average Bonchev–Trinajstić information content (AvgIpc) is 3.21. The monoisotopic (exact) mass is 557 g/mol. The number of benzene rings is 2. The molecule has 0 bridgehead atoms. The lowest BCUT2D eigenvalue weighted by Crippen LogP contribution is -2.17. The van der Waals surface area contributed by atoms with Gasteiger partial charge in [-0.2, -0.15) is 8.78 Å². The molecule has 7 nitrogen and oxygen atoms in total. The first-order valence-electron chi connectivity index (χ1n) is 10.9. The van der Waals surface area contributed by atoms with Crippen LogP contribution in [-0.4, -0.2) is 41.1 Å². The highest BCUT2D eigenvalue weighted by atomic mass is 35.5. The van der Waals surface area contributed by atoms with E-state index in [4.69, 9.17) is 37.4 Å². The van der Waals surface area contributed by atoms with Crippen LogP contribution in [0.2, 0.25) is 5.02 Å². The number of fused-ring (bicyclic) bond motifs is 3. The number of aromatic nitrogens is 3. The summed E-state index contributed by atoms with van der Waals surface area (Å²) in [5.41, 5.74) is 1.64. The van der Waals surface area contributed by atoms with Crippen molar-refractivity contribution in [1.29, 1.82) is 0 Å². The molecule has 0 N–H and O–H groups in total. The van der Waals surface area contributed by atoms with Crippen LogP contribution in [0.4, 0.5) is 8.78 Å². The molecule has 4 rings (SSSR count). The number of hydrogen-bond acceptors (Lipinski definition) is 7. The van der Waals surface area contributed by atoms with Crippen LogP contribution in [0.25, 0.3) is 5.69 Å². The number of halogens is 4. The number of ether oxygens (including phenoxy) is 3. The summed E-state index contributed by atoms with van der Waals surface area (Å²) in [6, 6.07) is 10.3. The van der Waals surface area contributed by atoms with E-state index in [1.165, 1.54) is 30.5 Å². The molecule has 192 valence electrons. The maximum Gasteiger partial charge on any atom is 0.382 e. The van der Waals surface area contributed by atoms with Gasteiger partial charge >= 0.3 is 11.4 Å². The molecular weight excluding hydrogens is 535 g/mol. The lowest BCUT2D eigenvalue weighted by Gasteiger charge is -2.24. The number of hydrogen-bond donors (Lipinski definition) is 0. The van der Waals surface area contributed by atoms with Gasteiger partial charge in [-0.25, -0.2) is 0 Å². The molecule has 1 aliphatic rings. The molecule has 36 heavy (non-hydrogen) atoms. The van der Waals surface area contributed by atoms with Crippen LogP contribution in [-0.2, 0) is 14.9 Å². The van der Waals surface area contributed by atoms with Gasteiger partial charge in [0.25, 0.3) is 0 Å². The topological polar surface area (TPSA) is 75.5 Å². The van der Waals surface area contributed by atoms with Gasteiger partial charge in [0, 0.05) is 10.6 Å². The minimum atomic E-state index is -3.82. The molecule has 12 heteroatoms. The number of para-hydroxylation sites is 1. The van der Waals surface area contributed by atoms with Gasteiger partial charge in [-0.3, -0.25) is 9.36 Å². The van der Waals surface area contributed by atoms with Crippen LogP contribution >= 0.6 is 35.0 Å². The van der Waals surface area contributed by atoms with Crippen LogP contribution in [0.3, 0.4) is 0 Å². The quantitative estimate of drug-likeness (QED) is 0.244. The van der Waals surface area contributed by atoms with Crippen molar-refractivity contribution in [3.05, 3.63) is 64.2 Å². The molecule has 0 fully saturated rings. The van der Waals surface area contributed by atoms with Gasteiger partial charge in [-0.15, -0.1) is 22.0 Å². The molecule has 3 aromatic rings. The molecule has 0 saturated heterocycles. The van der Waals surface area contributed by atoms with Crippen molar-refractivity contribution in [3.8, 4) is 17.2 Å². The second-order valence-electron chi connectivity index (χ2n) is 8.25. The Balaban J connectivity index is 1.98. The third-order valence-electron chi connectivity index (χ3n) is 5.48. The third-order valence-corrected chi connectivity index (χ3v) is 7.37. The second kappa shape index (κ2) is 10.4.